The topological polar surface area (TPSA) is 42.6 Å². The molecule has 0 saturated heterocycles. The molecule has 0 fully saturated rings. The summed E-state index contributed by atoms with van der Waals surface area (Å²) in [6.45, 7) is 2.61. The van der Waals surface area contributed by atoms with Crippen molar-refractivity contribution in [3.05, 3.63) is 35.5 Å². The zero-order chi connectivity index (χ0) is 9.97. The Kier molecular flexibility index (Phi) is 2.59. The van der Waals surface area contributed by atoms with Gasteiger partial charge in [-0.1, -0.05) is 0 Å². The van der Waals surface area contributed by atoms with Gasteiger partial charge in [0.15, 0.2) is 0 Å². The van der Waals surface area contributed by atoms with Gasteiger partial charge in [-0.15, -0.1) is 0 Å². The first-order chi connectivity index (χ1) is 6.77. The van der Waals surface area contributed by atoms with E-state index in [0.29, 0.717) is 5.76 Å². The molecule has 0 aromatic carbocycles. The molecule has 0 amide bonds. The Balaban J connectivity index is 2.14. The maximum absolute atomic E-state index is 9.92. The molecular weight excluding hydrogens is 180 g/mol. The molecule has 0 spiro atoms. The lowest BCUT2D eigenvalue weighted by atomic mass is 10.0. The smallest absolute Gasteiger partial charge is 0.137 e. The zero-order valence-electron chi connectivity index (χ0n) is 8.19. The minimum absolute atomic E-state index is 0.597. The van der Waals surface area contributed by atoms with E-state index in [-0.39, 0.29) is 0 Å². The van der Waals surface area contributed by atoms with Crippen LogP contribution in [0.5, 0.6) is 0 Å². The summed E-state index contributed by atoms with van der Waals surface area (Å²) >= 11 is 0. The third-order valence-corrected chi connectivity index (χ3v) is 2.34. The quantitative estimate of drug-likeness (QED) is 0.785. The Labute approximate surface area is 83.0 Å². The molecule has 1 N–H and O–H groups in total. The molecule has 3 heteroatoms. The second-order valence-corrected chi connectivity index (χ2v) is 3.52. The fourth-order valence-electron chi connectivity index (χ4n) is 1.57. The van der Waals surface area contributed by atoms with Gasteiger partial charge in [0, 0.05) is 5.57 Å². The summed E-state index contributed by atoms with van der Waals surface area (Å²) in [5.41, 5.74) is 0.894. The molecule has 1 aromatic rings. The van der Waals surface area contributed by atoms with E-state index in [9.17, 15) is 5.11 Å². The van der Waals surface area contributed by atoms with Crippen LogP contribution in [0.4, 0.5) is 0 Å². The highest BCUT2D eigenvalue weighted by Gasteiger charge is 2.18. The molecule has 1 aromatic heterocycles. The van der Waals surface area contributed by atoms with Crippen molar-refractivity contribution in [2.75, 3.05) is 6.61 Å². The number of aryl methyl sites for hydroxylation is 1. The Morgan fingerprint density at radius 1 is 1.43 bits per heavy atom. The van der Waals surface area contributed by atoms with E-state index in [1.165, 1.54) is 0 Å². The normalized spacial score (nSPS) is 18.6. The molecule has 3 nitrogen and oxygen atoms in total. The predicted molar refractivity (Wildman–Crippen MR) is 51.7 cm³/mol. The van der Waals surface area contributed by atoms with Crippen LogP contribution < -0.4 is 0 Å². The van der Waals surface area contributed by atoms with Crippen molar-refractivity contribution in [1.29, 1.82) is 0 Å². The number of hydrogen-bond acceptors (Lipinski definition) is 3. The number of rotatable bonds is 2. The van der Waals surface area contributed by atoms with Gasteiger partial charge in [0.25, 0.3) is 0 Å². The van der Waals surface area contributed by atoms with Crippen molar-refractivity contribution in [3.8, 4) is 0 Å². The summed E-state index contributed by atoms with van der Waals surface area (Å²) in [6, 6.07) is 3.65. The second kappa shape index (κ2) is 3.88. The van der Waals surface area contributed by atoms with Gasteiger partial charge < -0.3 is 14.3 Å². The highest BCUT2D eigenvalue weighted by Crippen LogP contribution is 2.28. The van der Waals surface area contributed by atoms with Gasteiger partial charge in [-0.2, -0.15) is 0 Å². The number of aliphatic hydroxyl groups is 1. The first kappa shape index (κ1) is 9.34. The molecule has 0 aliphatic carbocycles. The lowest BCUT2D eigenvalue weighted by Gasteiger charge is -2.17. The van der Waals surface area contributed by atoms with Crippen molar-refractivity contribution >= 4 is 0 Å². The first-order valence-electron chi connectivity index (χ1n) is 4.82. The van der Waals surface area contributed by atoms with Crippen LogP contribution in [-0.2, 0) is 4.74 Å². The average molecular weight is 194 g/mol. The van der Waals surface area contributed by atoms with Crippen molar-refractivity contribution in [1.82, 2.24) is 0 Å². The van der Waals surface area contributed by atoms with Crippen LogP contribution in [0.2, 0.25) is 0 Å². The van der Waals surface area contributed by atoms with Crippen LogP contribution >= 0.6 is 0 Å². The number of hydrogen-bond donors (Lipinski definition) is 1. The number of aliphatic hydroxyl groups excluding tert-OH is 1. The summed E-state index contributed by atoms with van der Waals surface area (Å²) in [7, 11) is 0. The molecule has 2 rings (SSSR count). The third kappa shape index (κ3) is 1.82. The van der Waals surface area contributed by atoms with Gasteiger partial charge in [0.05, 0.1) is 12.9 Å². The van der Waals surface area contributed by atoms with Gasteiger partial charge in [-0.05, 0) is 31.9 Å². The average Bonchev–Trinajstić information content (AvgIpc) is 2.65. The summed E-state index contributed by atoms with van der Waals surface area (Å²) in [5.74, 6) is 1.41. The molecule has 76 valence electrons. The molecular formula is C11H14O3. The van der Waals surface area contributed by atoms with Gasteiger partial charge in [-0.25, -0.2) is 0 Å². The Hall–Kier alpha value is -1.22. The van der Waals surface area contributed by atoms with E-state index in [0.717, 1.165) is 30.8 Å². The fourth-order valence-corrected chi connectivity index (χ4v) is 1.57. The minimum atomic E-state index is -0.649. The van der Waals surface area contributed by atoms with Crippen LogP contribution in [-0.4, -0.2) is 11.7 Å². The minimum Gasteiger partial charge on any atom is -0.501 e. The maximum atomic E-state index is 9.92. The zero-order valence-corrected chi connectivity index (χ0v) is 8.19. The molecule has 0 bridgehead atoms. The van der Waals surface area contributed by atoms with Crippen LogP contribution in [0.1, 0.15) is 30.5 Å². The summed E-state index contributed by atoms with van der Waals surface area (Å²) < 4.78 is 10.5. The van der Waals surface area contributed by atoms with Crippen molar-refractivity contribution in [3.63, 3.8) is 0 Å². The van der Waals surface area contributed by atoms with E-state index in [1.807, 2.05) is 13.0 Å². The van der Waals surface area contributed by atoms with E-state index in [4.69, 9.17) is 9.15 Å². The van der Waals surface area contributed by atoms with Crippen molar-refractivity contribution in [2.24, 2.45) is 0 Å². The fraction of sp³-hybridized carbons (Fsp3) is 0.455. The molecule has 1 aliphatic heterocycles. The summed E-state index contributed by atoms with van der Waals surface area (Å²) in [6.07, 6.45) is 2.83. The molecule has 0 radical (unpaired) electrons. The Morgan fingerprint density at radius 3 is 2.86 bits per heavy atom. The highest BCUT2D eigenvalue weighted by molar-refractivity contribution is 5.19. The van der Waals surface area contributed by atoms with Crippen LogP contribution in [0.3, 0.4) is 0 Å². The Bertz CT molecular complexity index is 338. The predicted octanol–water partition coefficient (Wildman–Crippen LogP) is 2.32. The molecule has 1 aliphatic rings. The Morgan fingerprint density at radius 2 is 2.29 bits per heavy atom. The molecule has 1 unspecified atom stereocenters. The summed E-state index contributed by atoms with van der Waals surface area (Å²) in [5, 5.41) is 9.92. The van der Waals surface area contributed by atoms with E-state index < -0.39 is 6.10 Å². The standard InChI is InChI=1S/C11H14O3/c1-8-4-5-10(14-8)11(12)9-3-2-6-13-7-9/h4-5,7,11-12H,2-3,6H2,1H3. The molecule has 0 saturated carbocycles. The van der Waals surface area contributed by atoms with Gasteiger partial charge in [-0.3, -0.25) is 0 Å². The molecule has 2 heterocycles. The van der Waals surface area contributed by atoms with Crippen LogP contribution in [0, 0.1) is 6.92 Å². The van der Waals surface area contributed by atoms with Gasteiger partial charge in [0.1, 0.15) is 17.6 Å². The van der Waals surface area contributed by atoms with Crippen LogP contribution in [0.25, 0.3) is 0 Å². The maximum Gasteiger partial charge on any atom is 0.137 e. The van der Waals surface area contributed by atoms with E-state index in [2.05, 4.69) is 0 Å². The van der Waals surface area contributed by atoms with E-state index in [1.54, 1.807) is 12.3 Å². The molecule has 1 atom stereocenters. The summed E-state index contributed by atoms with van der Waals surface area (Å²) in [4.78, 5) is 0. The first-order valence-corrected chi connectivity index (χ1v) is 4.82. The lowest BCUT2D eigenvalue weighted by Crippen LogP contribution is -2.07. The number of ether oxygens (including phenoxy) is 1. The third-order valence-electron chi connectivity index (χ3n) is 2.34. The molecule has 14 heavy (non-hydrogen) atoms. The monoisotopic (exact) mass is 194 g/mol. The van der Waals surface area contributed by atoms with Gasteiger partial charge >= 0.3 is 0 Å². The lowest BCUT2D eigenvalue weighted by molar-refractivity contribution is 0.151. The SMILES string of the molecule is Cc1ccc(C(O)C2=COCCC2)o1. The number of furan rings is 1. The van der Waals surface area contributed by atoms with E-state index >= 15 is 0 Å². The second-order valence-electron chi connectivity index (χ2n) is 3.52. The van der Waals surface area contributed by atoms with Crippen LogP contribution in [0.15, 0.2) is 28.4 Å². The van der Waals surface area contributed by atoms with Crippen molar-refractivity contribution < 1.29 is 14.3 Å². The highest BCUT2D eigenvalue weighted by atomic mass is 16.5. The largest absolute Gasteiger partial charge is 0.501 e. The van der Waals surface area contributed by atoms with Crippen molar-refractivity contribution in [2.45, 2.75) is 25.9 Å². The van der Waals surface area contributed by atoms with Gasteiger partial charge in [0.2, 0.25) is 0 Å².